The Hall–Kier alpha value is -4.28. The summed E-state index contributed by atoms with van der Waals surface area (Å²) in [6, 6.07) is 18.6. The first-order valence-corrected chi connectivity index (χ1v) is 15.1. The van der Waals surface area contributed by atoms with Gasteiger partial charge in [0.1, 0.15) is 12.4 Å². The SMILES string of the molecule is O=C(O)[C@H]1CC[C@H](Oc2nc3nc(-c4ccc(-c5ccc(-c6ncn(CCN7CCC7)n6)cc5)cc4)c(Cl)cc3[nH]2)CC1. The van der Waals surface area contributed by atoms with E-state index in [1.54, 1.807) is 0 Å². The van der Waals surface area contributed by atoms with Crippen LogP contribution in [0.25, 0.3) is 44.9 Å². The molecular formula is C32H32ClN7O3. The van der Waals surface area contributed by atoms with Crippen molar-refractivity contribution in [2.45, 2.75) is 44.8 Å². The van der Waals surface area contributed by atoms with Gasteiger partial charge >= 0.3 is 5.97 Å². The average Bonchev–Trinajstić information content (AvgIpc) is 3.63. The zero-order valence-electron chi connectivity index (χ0n) is 23.6. The van der Waals surface area contributed by atoms with E-state index >= 15 is 0 Å². The number of carboxylic acid groups (broad SMARTS) is 1. The topological polar surface area (TPSA) is 122 Å². The molecule has 4 heterocycles. The Morgan fingerprint density at radius 1 is 0.930 bits per heavy atom. The lowest BCUT2D eigenvalue weighted by molar-refractivity contribution is -0.143. The van der Waals surface area contributed by atoms with E-state index < -0.39 is 5.97 Å². The smallest absolute Gasteiger partial charge is 0.306 e. The highest BCUT2D eigenvalue weighted by atomic mass is 35.5. The molecule has 1 aliphatic heterocycles. The van der Waals surface area contributed by atoms with Gasteiger partial charge in [-0.2, -0.15) is 10.1 Å². The predicted octanol–water partition coefficient (Wildman–Crippen LogP) is 5.93. The van der Waals surface area contributed by atoms with Crippen molar-refractivity contribution in [3.05, 3.63) is 65.9 Å². The van der Waals surface area contributed by atoms with Crippen LogP contribution in [0.4, 0.5) is 0 Å². The van der Waals surface area contributed by atoms with Crippen LogP contribution in [-0.4, -0.2) is 71.4 Å². The van der Waals surface area contributed by atoms with Crippen LogP contribution in [0.5, 0.6) is 6.01 Å². The fourth-order valence-electron chi connectivity index (χ4n) is 5.76. The van der Waals surface area contributed by atoms with Gasteiger partial charge in [-0.05, 0) is 62.4 Å². The van der Waals surface area contributed by atoms with Crippen molar-refractivity contribution in [1.82, 2.24) is 34.6 Å². The molecule has 2 aliphatic rings. The lowest BCUT2D eigenvalue weighted by atomic mass is 9.87. The number of imidazole rings is 1. The number of nitrogens with one attached hydrogen (secondary N) is 1. The summed E-state index contributed by atoms with van der Waals surface area (Å²) in [5.41, 5.74) is 5.90. The molecule has 0 unspecified atom stereocenters. The minimum Gasteiger partial charge on any atom is -0.481 e. The fourth-order valence-corrected chi connectivity index (χ4v) is 6.02. The number of ether oxygens (including phenoxy) is 1. The van der Waals surface area contributed by atoms with Crippen LogP contribution in [0.15, 0.2) is 60.9 Å². The monoisotopic (exact) mass is 597 g/mol. The zero-order valence-corrected chi connectivity index (χ0v) is 24.4. The normalized spacial score (nSPS) is 18.9. The third-order valence-electron chi connectivity index (χ3n) is 8.47. The third kappa shape index (κ3) is 5.98. The number of likely N-dealkylation sites (tertiary alicyclic amines) is 1. The van der Waals surface area contributed by atoms with Gasteiger partial charge in [-0.1, -0.05) is 60.1 Å². The van der Waals surface area contributed by atoms with Gasteiger partial charge in [-0.3, -0.25) is 9.48 Å². The molecule has 3 aromatic heterocycles. The van der Waals surface area contributed by atoms with E-state index in [2.05, 4.69) is 61.3 Å². The van der Waals surface area contributed by atoms with Crippen LogP contribution in [0.3, 0.4) is 0 Å². The lowest BCUT2D eigenvalue weighted by Gasteiger charge is -2.30. The van der Waals surface area contributed by atoms with E-state index in [0.29, 0.717) is 53.6 Å². The number of rotatable bonds is 9. The second-order valence-electron chi connectivity index (χ2n) is 11.3. The number of aromatic amines is 1. The highest BCUT2D eigenvalue weighted by molar-refractivity contribution is 6.33. The Morgan fingerprint density at radius 2 is 1.60 bits per heavy atom. The standard InChI is InChI=1S/C32H32ClN7O3/c33-26-18-27-30(37-32(35-27)43-25-12-10-24(11-13-25)31(41)42)36-28(26)22-6-2-20(3-7-22)21-4-8-23(9-5-21)29-34-19-40(38-29)17-16-39-14-1-15-39/h2-9,18-19,24-25H,1,10-17H2,(H,41,42)(H,35,36,37)/t24-,25-. The first-order valence-electron chi connectivity index (χ1n) is 14.8. The number of nitrogens with zero attached hydrogens (tertiary/aromatic N) is 6. The number of benzene rings is 2. The first-order chi connectivity index (χ1) is 21.0. The molecule has 7 rings (SSSR count). The van der Waals surface area contributed by atoms with Crippen molar-refractivity contribution in [3.8, 4) is 39.8 Å². The number of aromatic nitrogens is 6. The van der Waals surface area contributed by atoms with Crippen LogP contribution >= 0.6 is 11.6 Å². The van der Waals surface area contributed by atoms with E-state index in [1.165, 1.54) is 19.5 Å². The number of hydrogen-bond donors (Lipinski definition) is 2. The second-order valence-corrected chi connectivity index (χ2v) is 11.7. The minimum absolute atomic E-state index is 0.0683. The van der Waals surface area contributed by atoms with Gasteiger partial charge in [0.25, 0.3) is 6.01 Å². The maximum absolute atomic E-state index is 11.2. The van der Waals surface area contributed by atoms with Crippen molar-refractivity contribution in [3.63, 3.8) is 0 Å². The number of halogens is 1. The van der Waals surface area contributed by atoms with Crippen molar-refractivity contribution < 1.29 is 14.6 Å². The van der Waals surface area contributed by atoms with E-state index in [4.69, 9.17) is 21.3 Å². The van der Waals surface area contributed by atoms with Gasteiger partial charge in [0.2, 0.25) is 0 Å². The lowest BCUT2D eigenvalue weighted by Crippen LogP contribution is -2.39. The van der Waals surface area contributed by atoms with Gasteiger partial charge < -0.3 is 19.7 Å². The van der Waals surface area contributed by atoms with E-state index in [0.717, 1.165) is 41.2 Å². The minimum atomic E-state index is -0.732. The molecule has 2 N–H and O–H groups in total. The molecular weight excluding hydrogens is 566 g/mol. The molecule has 0 spiro atoms. The molecule has 220 valence electrons. The number of carboxylic acids is 1. The summed E-state index contributed by atoms with van der Waals surface area (Å²) in [4.78, 5) is 30.6. The molecule has 2 aromatic carbocycles. The number of hydrogen-bond acceptors (Lipinski definition) is 7. The third-order valence-corrected chi connectivity index (χ3v) is 8.76. The van der Waals surface area contributed by atoms with Gasteiger partial charge in [0, 0.05) is 17.7 Å². The quantitative estimate of drug-likeness (QED) is 0.214. The Bertz CT molecular complexity index is 1740. The largest absolute Gasteiger partial charge is 0.481 e. The summed E-state index contributed by atoms with van der Waals surface area (Å²) in [6.45, 7) is 4.24. The zero-order chi connectivity index (χ0) is 29.3. The Balaban J connectivity index is 1.02. The maximum atomic E-state index is 11.2. The number of carbonyl (C=O) groups is 1. The summed E-state index contributed by atoms with van der Waals surface area (Å²) in [6.07, 6.45) is 5.62. The number of pyridine rings is 1. The van der Waals surface area contributed by atoms with Crippen molar-refractivity contribution in [1.29, 1.82) is 0 Å². The van der Waals surface area contributed by atoms with E-state index in [9.17, 15) is 9.90 Å². The Morgan fingerprint density at radius 3 is 2.26 bits per heavy atom. The Kier molecular flexibility index (Phi) is 7.54. The van der Waals surface area contributed by atoms with E-state index in [-0.39, 0.29) is 12.0 Å². The molecule has 1 saturated carbocycles. The van der Waals surface area contributed by atoms with Gasteiger partial charge in [0.15, 0.2) is 11.5 Å². The first kappa shape index (κ1) is 27.5. The molecule has 0 bridgehead atoms. The molecule has 10 nitrogen and oxygen atoms in total. The molecule has 11 heteroatoms. The summed E-state index contributed by atoms with van der Waals surface area (Å²) < 4.78 is 7.95. The molecule has 1 saturated heterocycles. The van der Waals surface area contributed by atoms with Gasteiger partial charge in [-0.15, -0.1) is 0 Å². The van der Waals surface area contributed by atoms with Crippen LogP contribution in [0.1, 0.15) is 32.1 Å². The summed E-state index contributed by atoms with van der Waals surface area (Å²) in [5, 5.41) is 14.4. The second kappa shape index (κ2) is 11.8. The Labute approximate surface area is 253 Å². The van der Waals surface area contributed by atoms with Crippen LogP contribution in [0, 0.1) is 5.92 Å². The number of aliphatic carboxylic acids is 1. The fraction of sp³-hybridized carbons (Fsp3) is 0.344. The summed E-state index contributed by atoms with van der Waals surface area (Å²) >= 11 is 6.64. The number of fused-ring (bicyclic) bond motifs is 1. The predicted molar refractivity (Wildman–Crippen MR) is 164 cm³/mol. The van der Waals surface area contributed by atoms with Crippen LogP contribution in [-0.2, 0) is 11.3 Å². The maximum Gasteiger partial charge on any atom is 0.306 e. The molecule has 0 atom stereocenters. The van der Waals surface area contributed by atoms with Gasteiger partial charge in [0.05, 0.1) is 28.7 Å². The van der Waals surface area contributed by atoms with Crippen LogP contribution < -0.4 is 4.74 Å². The molecule has 5 aromatic rings. The highest BCUT2D eigenvalue weighted by Crippen LogP contribution is 2.33. The average molecular weight is 598 g/mol. The molecule has 0 amide bonds. The van der Waals surface area contributed by atoms with Crippen molar-refractivity contribution in [2.24, 2.45) is 5.92 Å². The summed E-state index contributed by atoms with van der Waals surface area (Å²) in [7, 11) is 0. The molecule has 2 fully saturated rings. The number of H-pyrrole nitrogens is 1. The molecule has 0 radical (unpaired) electrons. The molecule has 1 aliphatic carbocycles. The van der Waals surface area contributed by atoms with Crippen molar-refractivity contribution >= 4 is 28.7 Å². The highest BCUT2D eigenvalue weighted by Gasteiger charge is 2.27. The molecule has 43 heavy (non-hydrogen) atoms. The summed E-state index contributed by atoms with van der Waals surface area (Å²) in [5.74, 6) is -0.287. The van der Waals surface area contributed by atoms with Crippen molar-refractivity contribution in [2.75, 3.05) is 19.6 Å². The van der Waals surface area contributed by atoms with Crippen LogP contribution in [0.2, 0.25) is 5.02 Å². The van der Waals surface area contributed by atoms with Gasteiger partial charge in [-0.25, -0.2) is 9.97 Å². The van der Waals surface area contributed by atoms with E-state index in [1.807, 2.05) is 29.2 Å².